The molecule has 1 unspecified atom stereocenters. The van der Waals surface area contributed by atoms with E-state index in [9.17, 15) is 9.59 Å². The summed E-state index contributed by atoms with van der Waals surface area (Å²) in [6.45, 7) is 1.78. The molecular weight excluding hydrogens is 234 g/mol. The molecule has 2 rings (SSSR count). The number of carboxylic acids is 1. The van der Waals surface area contributed by atoms with E-state index < -0.39 is 5.97 Å². The Morgan fingerprint density at radius 3 is 2.94 bits per heavy atom. The number of carbonyl (C=O) groups excluding carboxylic acids is 1. The summed E-state index contributed by atoms with van der Waals surface area (Å²) < 4.78 is 0. The van der Waals surface area contributed by atoms with Gasteiger partial charge >= 0.3 is 5.97 Å². The van der Waals surface area contributed by atoms with Crippen LogP contribution in [0.2, 0.25) is 0 Å². The van der Waals surface area contributed by atoms with Crippen LogP contribution in [0.4, 0.5) is 0 Å². The molecule has 1 aromatic rings. The molecule has 1 aromatic heterocycles. The van der Waals surface area contributed by atoms with Crippen molar-refractivity contribution in [3.63, 3.8) is 0 Å². The van der Waals surface area contributed by atoms with Crippen molar-refractivity contribution >= 4 is 11.9 Å². The van der Waals surface area contributed by atoms with Gasteiger partial charge in [0, 0.05) is 24.3 Å². The number of nitrogens with zero attached hydrogens (tertiary/aromatic N) is 2. The van der Waals surface area contributed by atoms with Crippen molar-refractivity contribution < 1.29 is 14.7 Å². The average Bonchev–Trinajstić information content (AvgIpc) is 2.75. The summed E-state index contributed by atoms with van der Waals surface area (Å²) in [7, 11) is 2.00. The Bertz CT molecular complexity index is 475. The van der Waals surface area contributed by atoms with Crippen LogP contribution in [0.25, 0.3) is 0 Å². The average molecular weight is 249 g/mol. The van der Waals surface area contributed by atoms with Crippen LogP contribution in [0.1, 0.15) is 27.3 Å². The van der Waals surface area contributed by atoms with Crippen LogP contribution in [0.5, 0.6) is 0 Å². The molecule has 0 aliphatic carbocycles. The second-order valence-corrected chi connectivity index (χ2v) is 4.46. The number of carboxylic acid groups (broad SMARTS) is 1. The van der Waals surface area contributed by atoms with E-state index in [1.807, 2.05) is 7.05 Å². The van der Waals surface area contributed by atoms with E-state index in [1.165, 1.54) is 18.3 Å². The van der Waals surface area contributed by atoms with Gasteiger partial charge in [0.25, 0.3) is 5.91 Å². The molecule has 0 saturated carbocycles. The van der Waals surface area contributed by atoms with Gasteiger partial charge in [-0.25, -0.2) is 9.78 Å². The molecule has 96 valence electrons. The summed E-state index contributed by atoms with van der Waals surface area (Å²) >= 11 is 0. The molecule has 2 N–H and O–H groups in total. The summed E-state index contributed by atoms with van der Waals surface area (Å²) in [5.41, 5.74) is 0.211. The van der Waals surface area contributed by atoms with E-state index in [1.54, 1.807) is 0 Å². The van der Waals surface area contributed by atoms with E-state index in [0.717, 1.165) is 19.5 Å². The normalized spacial score (nSPS) is 19.7. The van der Waals surface area contributed by atoms with E-state index in [0.29, 0.717) is 5.56 Å². The third-order valence-corrected chi connectivity index (χ3v) is 2.97. The van der Waals surface area contributed by atoms with Crippen LogP contribution >= 0.6 is 0 Å². The summed E-state index contributed by atoms with van der Waals surface area (Å²) in [5.74, 6) is -1.38. The highest BCUT2D eigenvalue weighted by Gasteiger charge is 2.21. The highest BCUT2D eigenvalue weighted by molar-refractivity contribution is 5.96. The fourth-order valence-electron chi connectivity index (χ4n) is 2.01. The number of amides is 1. The molecule has 6 nitrogen and oxygen atoms in total. The topological polar surface area (TPSA) is 82.5 Å². The smallest absolute Gasteiger partial charge is 0.354 e. The fraction of sp³-hybridized carbons (Fsp3) is 0.417. The van der Waals surface area contributed by atoms with Crippen LogP contribution < -0.4 is 5.32 Å². The molecule has 0 aromatic carbocycles. The van der Waals surface area contributed by atoms with E-state index >= 15 is 0 Å². The minimum absolute atomic E-state index is 0.119. The van der Waals surface area contributed by atoms with Gasteiger partial charge in [0.15, 0.2) is 0 Å². The van der Waals surface area contributed by atoms with Crippen molar-refractivity contribution in [3.05, 3.63) is 29.6 Å². The Hall–Kier alpha value is -1.95. The number of nitrogens with one attached hydrogen (secondary N) is 1. The van der Waals surface area contributed by atoms with Crippen LogP contribution in [0.3, 0.4) is 0 Å². The maximum absolute atomic E-state index is 11.9. The molecule has 1 fully saturated rings. The monoisotopic (exact) mass is 249 g/mol. The number of likely N-dealkylation sites (tertiary alicyclic amines) is 1. The minimum Gasteiger partial charge on any atom is -0.477 e. The van der Waals surface area contributed by atoms with E-state index in [-0.39, 0.29) is 17.6 Å². The number of likely N-dealkylation sites (N-methyl/N-ethyl adjacent to an activating group) is 1. The molecule has 1 aliphatic heterocycles. The number of hydrogen-bond acceptors (Lipinski definition) is 4. The predicted molar refractivity (Wildman–Crippen MR) is 64.6 cm³/mol. The molecule has 1 aliphatic rings. The quantitative estimate of drug-likeness (QED) is 0.800. The fourth-order valence-corrected chi connectivity index (χ4v) is 2.01. The van der Waals surface area contributed by atoms with Gasteiger partial charge in [0.05, 0.1) is 0 Å². The number of hydrogen-bond donors (Lipinski definition) is 2. The maximum Gasteiger partial charge on any atom is 0.354 e. The van der Waals surface area contributed by atoms with Gasteiger partial charge in [0.1, 0.15) is 5.69 Å². The van der Waals surface area contributed by atoms with Crippen molar-refractivity contribution in [1.82, 2.24) is 15.2 Å². The van der Waals surface area contributed by atoms with Crippen LogP contribution in [-0.4, -0.2) is 53.0 Å². The third kappa shape index (κ3) is 2.84. The first-order chi connectivity index (χ1) is 8.56. The maximum atomic E-state index is 11.9. The van der Waals surface area contributed by atoms with E-state index in [2.05, 4.69) is 15.2 Å². The highest BCUT2D eigenvalue weighted by atomic mass is 16.4. The third-order valence-electron chi connectivity index (χ3n) is 2.97. The number of carbonyl (C=O) groups is 2. The van der Waals surface area contributed by atoms with Crippen LogP contribution in [0.15, 0.2) is 18.3 Å². The Morgan fingerprint density at radius 2 is 2.33 bits per heavy atom. The standard InChI is InChI=1S/C12H15N3O3/c1-15-5-3-9(7-15)14-11(16)8-2-4-13-10(6-8)12(17)18/h2,4,6,9H,3,5,7H2,1H3,(H,14,16)(H,17,18). The molecule has 2 heterocycles. The molecule has 1 amide bonds. The number of aromatic nitrogens is 1. The molecule has 6 heteroatoms. The first-order valence-electron chi connectivity index (χ1n) is 5.75. The lowest BCUT2D eigenvalue weighted by Crippen LogP contribution is -2.36. The Kier molecular flexibility index (Phi) is 3.57. The van der Waals surface area contributed by atoms with Crippen molar-refractivity contribution in [3.8, 4) is 0 Å². The molecule has 18 heavy (non-hydrogen) atoms. The van der Waals surface area contributed by atoms with Gasteiger partial charge in [-0.15, -0.1) is 0 Å². The van der Waals surface area contributed by atoms with Crippen molar-refractivity contribution in [1.29, 1.82) is 0 Å². The number of pyridine rings is 1. The molecule has 0 radical (unpaired) electrons. The van der Waals surface area contributed by atoms with E-state index in [4.69, 9.17) is 5.11 Å². The number of rotatable bonds is 3. The Balaban J connectivity index is 2.04. The molecule has 0 spiro atoms. The Labute approximate surface area is 105 Å². The summed E-state index contributed by atoms with van der Waals surface area (Å²) in [6, 6.07) is 2.93. The lowest BCUT2D eigenvalue weighted by molar-refractivity contribution is 0.0690. The first-order valence-corrected chi connectivity index (χ1v) is 5.75. The summed E-state index contributed by atoms with van der Waals surface area (Å²) in [4.78, 5) is 28.5. The van der Waals surface area contributed by atoms with Gasteiger partial charge in [-0.2, -0.15) is 0 Å². The molecule has 1 saturated heterocycles. The van der Waals surface area contributed by atoms with Crippen molar-refractivity contribution in [2.45, 2.75) is 12.5 Å². The SMILES string of the molecule is CN1CCC(NC(=O)c2ccnc(C(=O)O)c2)C1. The van der Waals surface area contributed by atoms with Crippen LogP contribution in [0, 0.1) is 0 Å². The van der Waals surface area contributed by atoms with Gasteiger partial charge in [-0.3, -0.25) is 4.79 Å². The minimum atomic E-state index is -1.13. The van der Waals surface area contributed by atoms with Gasteiger partial charge in [-0.1, -0.05) is 0 Å². The first kappa shape index (κ1) is 12.5. The Morgan fingerprint density at radius 1 is 1.56 bits per heavy atom. The van der Waals surface area contributed by atoms with Gasteiger partial charge in [0.2, 0.25) is 0 Å². The van der Waals surface area contributed by atoms with Crippen molar-refractivity contribution in [2.75, 3.05) is 20.1 Å². The zero-order chi connectivity index (χ0) is 13.1. The zero-order valence-electron chi connectivity index (χ0n) is 10.1. The van der Waals surface area contributed by atoms with Gasteiger partial charge < -0.3 is 15.3 Å². The lowest BCUT2D eigenvalue weighted by atomic mass is 10.2. The second-order valence-electron chi connectivity index (χ2n) is 4.46. The molecular formula is C12H15N3O3. The summed E-state index contributed by atoms with van der Waals surface area (Å²) in [5, 5.41) is 11.7. The predicted octanol–water partition coefficient (Wildman–Crippen LogP) is 0.214. The molecule has 1 atom stereocenters. The summed E-state index contributed by atoms with van der Waals surface area (Å²) in [6.07, 6.45) is 2.25. The highest BCUT2D eigenvalue weighted by Crippen LogP contribution is 2.08. The second kappa shape index (κ2) is 5.14. The lowest BCUT2D eigenvalue weighted by Gasteiger charge is -2.12. The van der Waals surface area contributed by atoms with Crippen molar-refractivity contribution in [2.24, 2.45) is 0 Å². The largest absolute Gasteiger partial charge is 0.477 e. The van der Waals surface area contributed by atoms with Crippen LogP contribution in [-0.2, 0) is 0 Å². The zero-order valence-corrected chi connectivity index (χ0v) is 10.1. The molecule has 0 bridgehead atoms. The van der Waals surface area contributed by atoms with Gasteiger partial charge in [-0.05, 0) is 32.1 Å². The number of aromatic carboxylic acids is 1.